The summed E-state index contributed by atoms with van der Waals surface area (Å²) in [5, 5.41) is 2.86. The SMILES string of the molecule is O=C(Cc1c(F)cccc1F)c1cccc2ccsc12. The van der Waals surface area contributed by atoms with Crippen molar-refractivity contribution in [1.29, 1.82) is 0 Å². The van der Waals surface area contributed by atoms with Crippen molar-refractivity contribution in [2.24, 2.45) is 0 Å². The molecule has 2 aromatic carbocycles. The van der Waals surface area contributed by atoms with Crippen molar-refractivity contribution >= 4 is 27.2 Å². The van der Waals surface area contributed by atoms with Crippen molar-refractivity contribution in [2.45, 2.75) is 6.42 Å². The van der Waals surface area contributed by atoms with Gasteiger partial charge >= 0.3 is 0 Å². The Labute approximate surface area is 118 Å². The zero-order valence-corrected chi connectivity index (χ0v) is 11.2. The Balaban J connectivity index is 2.00. The van der Waals surface area contributed by atoms with Crippen LogP contribution in [0.4, 0.5) is 8.78 Å². The van der Waals surface area contributed by atoms with Crippen molar-refractivity contribution in [1.82, 2.24) is 0 Å². The smallest absolute Gasteiger partial charge is 0.168 e. The maximum atomic E-state index is 13.6. The van der Waals surface area contributed by atoms with Crippen LogP contribution in [0.1, 0.15) is 15.9 Å². The summed E-state index contributed by atoms with van der Waals surface area (Å²) in [5.41, 5.74) is 0.339. The standard InChI is InChI=1S/C16H10F2OS/c17-13-5-2-6-14(18)12(13)9-15(19)11-4-1-3-10-7-8-20-16(10)11/h1-8H,9H2. The molecular formula is C16H10F2OS. The van der Waals surface area contributed by atoms with Crippen molar-refractivity contribution in [3.8, 4) is 0 Å². The molecule has 0 unspecified atom stereocenters. The highest BCUT2D eigenvalue weighted by atomic mass is 32.1. The Morgan fingerprint density at radius 1 is 1.00 bits per heavy atom. The molecule has 0 spiro atoms. The van der Waals surface area contributed by atoms with E-state index in [1.54, 1.807) is 12.1 Å². The maximum Gasteiger partial charge on any atom is 0.168 e. The molecule has 0 aliphatic rings. The first-order valence-electron chi connectivity index (χ1n) is 6.09. The predicted molar refractivity (Wildman–Crippen MR) is 76.2 cm³/mol. The minimum absolute atomic E-state index is 0.175. The van der Waals surface area contributed by atoms with Gasteiger partial charge in [0.15, 0.2) is 5.78 Å². The molecule has 0 fully saturated rings. The average Bonchev–Trinajstić information content (AvgIpc) is 2.91. The highest BCUT2D eigenvalue weighted by molar-refractivity contribution is 7.17. The number of halogens is 2. The molecule has 1 nitrogen and oxygen atoms in total. The van der Waals surface area contributed by atoms with E-state index in [1.807, 2.05) is 17.5 Å². The summed E-state index contributed by atoms with van der Waals surface area (Å²) in [6, 6.07) is 10.9. The van der Waals surface area contributed by atoms with Crippen LogP contribution >= 0.6 is 11.3 Å². The van der Waals surface area contributed by atoms with Crippen molar-refractivity contribution < 1.29 is 13.6 Å². The molecule has 0 saturated heterocycles. The summed E-state index contributed by atoms with van der Waals surface area (Å²) in [5.74, 6) is -1.64. The van der Waals surface area contributed by atoms with Gasteiger partial charge in [-0.15, -0.1) is 11.3 Å². The number of rotatable bonds is 3. The summed E-state index contributed by atoms with van der Waals surface area (Å²) < 4.78 is 28.0. The topological polar surface area (TPSA) is 17.1 Å². The lowest BCUT2D eigenvalue weighted by molar-refractivity contribution is 0.0992. The molecule has 0 aliphatic heterocycles. The minimum atomic E-state index is -0.684. The lowest BCUT2D eigenvalue weighted by atomic mass is 10.0. The fourth-order valence-electron chi connectivity index (χ4n) is 2.17. The van der Waals surface area contributed by atoms with Crippen molar-refractivity contribution in [2.75, 3.05) is 0 Å². The first-order chi connectivity index (χ1) is 9.66. The van der Waals surface area contributed by atoms with E-state index in [0.29, 0.717) is 5.56 Å². The van der Waals surface area contributed by atoms with Crippen LogP contribution in [0.15, 0.2) is 47.8 Å². The molecule has 0 radical (unpaired) electrons. The van der Waals surface area contributed by atoms with Gasteiger partial charge in [0, 0.05) is 22.2 Å². The molecule has 0 aliphatic carbocycles. The van der Waals surface area contributed by atoms with Gasteiger partial charge in [0.1, 0.15) is 11.6 Å². The van der Waals surface area contributed by atoms with E-state index < -0.39 is 11.6 Å². The summed E-state index contributed by atoms with van der Waals surface area (Å²) in [7, 11) is 0. The molecule has 4 heteroatoms. The second kappa shape index (κ2) is 5.13. The number of carbonyl (C=O) groups excluding carboxylic acids is 1. The summed E-state index contributed by atoms with van der Waals surface area (Å²) >= 11 is 1.45. The van der Waals surface area contributed by atoms with Gasteiger partial charge in [0.25, 0.3) is 0 Å². The van der Waals surface area contributed by atoms with E-state index in [9.17, 15) is 13.6 Å². The fraction of sp³-hybridized carbons (Fsp3) is 0.0625. The number of hydrogen-bond donors (Lipinski definition) is 0. The third-order valence-corrected chi connectivity index (χ3v) is 4.14. The molecule has 0 amide bonds. The van der Waals surface area contributed by atoms with Gasteiger partial charge in [-0.25, -0.2) is 8.78 Å². The lowest BCUT2D eigenvalue weighted by Gasteiger charge is -2.05. The van der Waals surface area contributed by atoms with E-state index in [4.69, 9.17) is 0 Å². The second-order valence-corrected chi connectivity index (χ2v) is 5.36. The first kappa shape index (κ1) is 12.9. The van der Waals surface area contributed by atoms with Gasteiger partial charge in [-0.3, -0.25) is 4.79 Å². The van der Waals surface area contributed by atoms with Crippen LogP contribution in [0.25, 0.3) is 10.1 Å². The number of hydrogen-bond acceptors (Lipinski definition) is 2. The van der Waals surface area contributed by atoms with Gasteiger partial charge in [-0.05, 0) is 35.0 Å². The molecular weight excluding hydrogens is 278 g/mol. The monoisotopic (exact) mass is 288 g/mol. The Kier molecular flexibility index (Phi) is 3.32. The Bertz CT molecular complexity index is 772. The molecule has 0 atom stereocenters. The highest BCUT2D eigenvalue weighted by Crippen LogP contribution is 2.26. The third-order valence-electron chi connectivity index (χ3n) is 3.18. The predicted octanol–water partition coefficient (Wildman–Crippen LogP) is 4.60. The number of benzene rings is 2. The van der Waals surface area contributed by atoms with Crippen molar-refractivity contribution in [3.05, 3.63) is 70.6 Å². The molecule has 1 heterocycles. The van der Waals surface area contributed by atoms with Crippen molar-refractivity contribution in [3.63, 3.8) is 0 Å². The van der Waals surface area contributed by atoms with E-state index >= 15 is 0 Å². The fourth-order valence-corrected chi connectivity index (χ4v) is 3.10. The van der Waals surface area contributed by atoms with Crippen LogP contribution in [0.5, 0.6) is 0 Å². The van der Waals surface area contributed by atoms with E-state index in [2.05, 4.69) is 0 Å². The molecule has 0 bridgehead atoms. The average molecular weight is 288 g/mol. The largest absolute Gasteiger partial charge is 0.294 e. The van der Waals surface area contributed by atoms with Gasteiger partial charge in [-0.2, -0.15) is 0 Å². The highest BCUT2D eigenvalue weighted by Gasteiger charge is 2.16. The van der Waals surface area contributed by atoms with Gasteiger partial charge in [0.05, 0.1) is 0 Å². The van der Waals surface area contributed by atoms with E-state index in [1.165, 1.54) is 17.4 Å². The minimum Gasteiger partial charge on any atom is -0.294 e. The second-order valence-electron chi connectivity index (χ2n) is 4.44. The van der Waals surface area contributed by atoms with Gasteiger partial charge in [-0.1, -0.05) is 18.2 Å². The normalized spacial score (nSPS) is 10.9. The number of fused-ring (bicyclic) bond motifs is 1. The zero-order valence-electron chi connectivity index (χ0n) is 10.4. The van der Waals surface area contributed by atoms with E-state index in [0.717, 1.165) is 22.2 Å². The number of Topliss-reactive ketones (excluding diaryl/α,β-unsaturated/α-hetero) is 1. The molecule has 1 aromatic heterocycles. The Morgan fingerprint density at radius 2 is 1.70 bits per heavy atom. The first-order valence-corrected chi connectivity index (χ1v) is 6.97. The summed E-state index contributed by atoms with van der Waals surface area (Å²) in [6.45, 7) is 0. The molecule has 3 rings (SSSR count). The van der Waals surface area contributed by atoms with Crippen LogP contribution in [-0.2, 0) is 6.42 Å². The lowest BCUT2D eigenvalue weighted by Crippen LogP contribution is -2.07. The molecule has 3 aromatic rings. The third kappa shape index (κ3) is 2.23. The van der Waals surface area contributed by atoms with Crippen LogP contribution < -0.4 is 0 Å². The van der Waals surface area contributed by atoms with E-state index in [-0.39, 0.29) is 17.8 Å². The molecule has 0 N–H and O–H groups in total. The number of carbonyl (C=O) groups is 1. The molecule has 20 heavy (non-hydrogen) atoms. The Hall–Kier alpha value is -2.07. The number of thiophene rings is 1. The molecule has 0 saturated carbocycles. The van der Waals surface area contributed by atoms with Crippen LogP contribution in [0.3, 0.4) is 0 Å². The van der Waals surface area contributed by atoms with Crippen LogP contribution in [0, 0.1) is 11.6 Å². The quantitative estimate of drug-likeness (QED) is 0.643. The van der Waals surface area contributed by atoms with Gasteiger partial charge < -0.3 is 0 Å². The van der Waals surface area contributed by atoms with Crippen LogP contribution in [0.2, 0.25) is 0 Å². The summed E-state index contributed by atoms with van der Waals surface area (Å²) in [4.78, 5) is 12.3. The summed E-state index contributed by atoms with van der Waals surface area (Å²) in [6.07, 6.45) is -0.268. The maximum absolute atomic E-state index is 13.6. The zero-order chi connectivity index (χ0) is 14.1. The number of ketones is 1. The Morgan fingerprint density at radius 3 is 2.45 bits per heavy atom. The van der Waals surface area contributed by atoms with Gasteiger partial charge in [0.2, 0.25) is 0 Å². The van der Waals surface area contributed by atoms with Crippen LogP contribution in [-0.4, -0.2) is 5.78 Å². The molecule has 100 valence electrons.